The highest BCUT2D eigenvalue weighted by Crippen LogP contribution is 2.29. The Morgan fingerprint density at radius 2 is 1.87 bits per heavy atom. The second-order valence-corrected chi connectivity index (χ2v) is 8.09. The minimum Gasteiger partial charge on any atom is -0.481 e. The Morgan fingerprint density at radius 1 is 1.13 bits per heavy atom. The van der Waals surface area contributed by atoms with Crippen molar-refractivity contribution in [3.63, 3.8) is 0 Å². The van der Waals surface area contributed by atoms with E-state index in [1.165, 1.54) is 24.3 Å². The molecule has 1 saturated heterocycles. The van der Waals surface area contributed by atoms with E-state index in [9.17, 15) is 18.7 Å². The maximum Gasteiger partial charge on any atom is 0.307 e. The van der Waals surface area contributed by atoms with Gasteiger partial charge in [-0.15, -0.1) is 0 Å². The lowest BCUT2D eigenvalue weighted by molar-refractivity contribution is -0.143. The number of carbonyl (C=O) groups is 1. The Bertz CT molecular complexity index is 958. The van der Waals surface area contributed by atoms with Gasteiger partial charge in [-0.2, -0.15) is 0 Å². The number of likely N-dealkylation sites (tertiary alicyclic amines) is 1. The number of aryl methyl sites for hydroxylation is 2. The van der Waals surface area contributed by atoms with Gasteiger partial charge in [-0.25, -0.2) is 8.78 Å². The van der Waals surface area contributed by atoms with E-state index in [1.54, 1.807) is 12.1 Å². The molecular formula is C25H29F2NO3. The van der Waals surface area contributed by atoms with Crippen molar-refractivity contribution in [1.29, 1.82) is 0 Å². The van der Waals surface area contributed by atoms with E-state index in [1.807, 2.05) is 19.9 Å². The van der Waals surface area contributed by atoms with Crippen molar-refractivity contribution in [3.05, 3.63) is 76.4 Å². The fourth-order valence-electron chi connectivity index (χ4n) is 4.06. The van der Waals surface area contributed by atoms with E-state index in [-0.39, 0.29) is 17.6 Å². The third-order valence-corrected chi connectivity index (χ3v) is 5.78. The fraction of sp³-hybridized carbons (Fsp3) is 0.400. The van der Waals surface area contributed by atoms with Crippen molar-refractivity contribution >= 4 is 11.5 Å². The zero-order chi connectivity index (χ0) is 22.4. The molecule has 0 aliphatic carbocycles. The number of halogens is 2. The minimum absolute atomic E-state index is 0.308. The van der Waals surface area contributed by atoms with Crippen LogP contribution >= 0.6 is 0 Å². The molecule has 0 unspecified atom stereocenters. The van der Waals surface area contributed by atoms with Crippen molar-refractivity contribution in [1.82, 2.24) is 4.90 Å². The minimum atomic E-state index is -0.738. The van der Waals surface area contributed by atoms with Crippen molar-refractivity contribution in [2.24, 2.45) is 5.92 Å². The van der Waals surface area contributed by atoms with Crippen LogP contribution in [0.15, 0.2) is 42.5 Å². The SMILES string of the molecule is Cc1cc(F)ccc1/C(=C\COCCN1CCC[C@@H](C(=O)O)C1)c1cc(F)ccc1C. The van der Waals surface area contributed by atoms with Gasteiger partial charge in [0.1, 0.15) is 11.6 Å². The maximum absolute atomic E-state index is 14.0. The molecule has 1 heterocycles. The zero-order valence-electron chi connectivity index (χ0n) is 18.0. The average molecular weight is 430 g/mol. The molecular weight excluding hydrogens is 400 g/mol. The highest BCUT2D eigenvalue weighted by atomic mass is 19.1. The zero-order valence-corrected chi connectivity index (χ0v) is 18.0. The monoisotopic (exact) mass is 429 g/mol. The molecule has 166 valence electrons. The summed E-state index contributed by atoms with van der Waals surface area (Å²) in [5.41, 5.74) is 4.07. The molecule has 3 rings (SSSR count). The smallest absolute Gasteiger partial charge is 0.307 e. The van der Waals surface area contributed by atoms with E-state index < -0.39 is 5.97 Å². The third kappa shape index (κ3) is 6.21. The molecule has 0 amide bonds. The van der Waals surface area contributed by atoms with Gasteiger partial charge >= 0.3 is 5.97 Å². The number of rotatable bonds is 8. The van der Waals surface area contributed by atoms with Crippen molar-refractivity contribution in [3.8, 4) is 0 Å². The van der Waals surface area contributed by atoms with Gasteiger partial charge in [-0.3, -0.25) is 4.79 Å². The largest absolute Gasteiger partial charge is 0.481 e. The molecule has 1 N–H and O–H groups in total. The highest BCUT2D eigenvalue weighted by molar-refractivity contribution is 5.82. The Morgan fingerprint density at radius 3 is 2.61 bits per heavy atom. The van der Waals surface area contributed by atoms with E-state index in [0.717, 1.165) is 47.2 Å². The van der Waals surface area contributed by atoms with Gasteiger partial charge in [0.15, 0.2) is 0 Å². The van der Waals surface area contributed by atoms with Crippen molar-refractivity contribution in [2.75, 3.05) is 32.8 Å². The maximum atomic E-state index is 14.0. The number of hydrogen-bond acceptors (Lipinski definition) is 3. The van der Waals surface area contributed by atoms with Crippen LogP contribution in [0.25, 0.3) is 5.57 Å². The van der Waals surface area contributed by atoms with E-state index >= 15 is 0 Å². The molecule has 1 aliphatic rings. The number of carboxylic acids is 1. The molecule has 2 aromatic carbocycles. The van der Waals surface area contributed by atoms with E-state index in [4.69, 9.17) is 4.74 Å². The Balaban J connectivity index is 1.70. The van der Waals surface area contributed by atoms with Gasteiger partial charge in [-0.1, -0.05) is 18.2 Å². The molecule has 0 bridgehead atoms. The highest BCUT2D eigenvalue weighted by Gasteiger charge is 2.24. The van der Waals surface area contributed by atoms with Crippen LogP contribution in [0, 0.1) is 31.4 Å². The summed E-state index contributed by atoms with van der Waals surface area (Å²) in [5.74, 6) is -1.68. The number of benzene rings is 2. The summed E-state index contributed by atoms with van der Waals surface area (Å²) >= 11 is 0. The molecule has 4 nitrogen and oxygen atoms in total. The number of ether oxygens (including phenoxy) is 1. The molecule has 31 heavy (non-hydrogen) atoms. The molecule has 0 spiro atoms. The summed E-state index contributed by atoms with van der Waals surface area (Å²) in [4.78, 5) is 13.3. The van der Waals surface area contributed by atoms with Crippen molar-refractivity contribution < 1.29 is 23.4 Å². The number of aliphatic carboxylic acids is 1. The topological polar surface area (TPSA) is 49.8 Å². The first-order chi connectivity index (χ1) is 14.8. The van der Waals surface area contributed by atoms with Crippen LogP contribution in [0.3, 0.4) is 0 Å². The lowest BCUT2D eigenvalue weighted by atomic mass is 9.91. The quantitative estimate of drug-likeness (QED) is 0.611. The van der Waals surface area contributed by atoms with Gasteiger partial charge in [0.05, 0.1) is 19.1 Å². The first kappa shape index (κ1) is 23.1. The van der Waals surface area contributed by atoms with Crippen LogP contribution in [0.4, 0.5) is 8.78 Å². The lowest BCUT2D eigenvalue weighted by Gasteiger charge is -2.30. The van der Waals surface area contributed by atoms with Gasteiger partial charge in [0.25, 0.3) is 0 Å². The van der Waals surface area contributed by atoms with Crippen LogP contribution < -0.4 is 0 Å². The molecule has 0 aromatic heterocycles. The first-order valence-electron chi connectivity index (χ1n) is 10.6. The number of piperidine rings is 1. The third-order valence-electron chi connectivity index (χ3n) is 5.78. The summed E-state index contributed by atoms with van der Waals surface area (Å²) < 4.78 is 33.4. The Labute approximate surface area is 182 Å². The summed E-state index contributed by atoms with van der Waals surface area (Å²) in [6, 6.07) is 9.22. The fourth-order valence-corrected chi connectivity index (χ4v) is 4.06. The number of nitrogens with zero attached hydrogens (tertiary/aromatic N) is 1. The van der Waals surface area contributed by atoms with Gasteiger partial charge in [-0.05, 0) is 85.3 Å². The Kier molecular flexibility index (Phi) is 7.93. The molecule has 1 fully saturated rings. The normalized spacial score (nSPS) is 17.7. The summed E-state index contributed by atoms with van der Waals surface area (Å²) in [5, 5.41) is 9.21. The molecule has 0 radical (unpaired) electrons. The average Bonchev–Trinajstić information content (AvgIpc) is 2.73. The van der Waals surface area contributed by atoms with Crippen molar-refractivity contribution in [2.45, 2.75) is 26.7 Å². The van der Waals surface area contributed by atoms with Crippen LogP contribution in [-0.4, -0.2) is 48.8 Å². The second kappa shape index (κ2) is 10.6. The molecule has 1 aliphatic heterocycles. The predicted octanol–water partition coefficient (Wildman–Crippen LogP) is 4.83. The molecule has 6 heteroatoms. The summed E-state index contributed by atoms with van der Waals surface area (Å²) in [6.45, 7) is 6.64. The van der Waals surface area contributed by atoms with Crippen LogP contribution in [-0.2, 0) is 9.53 Å². The number of hydrogen-bond donors (Lipinski definition) is 1. The van der Waals surface area contributed by atoms with Gasteiger partial charge in [0, 0.05) is 13.1 Å². The van der Waals surface area contributed by atoms with E-state index in [2.05, 4.69) is 4.90 Å². The van der Waals surface area contributed by atoms with E-state index in [0.29, 0.717) is 26.3 Å². The summed E-state index contributed by atoms with van der Waals surface area (Å²) in [7, 11) is 0. The van der Waals surface area contributed by atoms with Gasteiger partial charge < -0.3 is 14.7 Å². The van der Waals surface area contributed by atoms with Crippen LogP contribution in [0.2, 0.25) is 0 Å². The molecule has 2 aromatic rings. The standard InChI is InChI=1S/C25H29F2NO3/c1-17-5-6-21(27)15-24(17)23(22-8-7-20(26)14-18(22)2)9-12-31-13-11-28-10-3-4-19(16-28)25(29)30/h5-9,14-15,19H,3-4,10-13,16H2,1-2H3,(H,29,30)/b23-9+/t19-/m1/s1. The Hall–Kier alpha value is -2.57. The predicted molar refractivity (Wildman–Crippen MR) is 117 cm³/mol. The van der Waals surface area contributed by atoms with Gasteiger partial charge in [0.2, 0.25) is 0 Å². The van der Waals surface area contributed by atoms with Crippen LogP contribution in [0.1, 0.15) is 35.1 Å². The molecule has 1 atom stereocenters. The second-order valence-electron chi connectivity index (χ2n) is 8.09. The first-order valence-corrected chi connectivity index (χ1v) is 10.6. The van der Waals surface area contributed by atoms with Crippen LogP contribution in [0.5, 0.6) is 0 Å². The summed E-state index contributed by atoms with van der Waals surface area (Å²) in [6.07, 6.45) is 3.50. The lowest BCUT2D eigenvalue weighted by Crippen LogP contribution is -2.40. The molecule has 0 saturated carbocycles. The number of carboxylic acid groups (broad SMARTS) is 1.